The minimum atomic E-state index is 0.715. The molecule has 0 fully saturated rings. The number of nitrogens with zero attached hydrogens (tertiary/aromatic N) is 2. The molecule has 0 aliphatic carbocycles. The summed E-state index contributed by atoms with van der Waals surface area (Å²) >= 11 is 0. The van der Waals surface area contributed by atoms with Crippen LogP contribution in [0, 0.1) is 0 Å². The van der Waals surface area contributed by atoms with Crippen LogP contribution in [0.4, 0.5) is 0 Å². The van der Waals surface area contributed by atoms with Gasteiger partial charge in [0.25, 0.3) is 0 Å². The summed E-state index contributed by atoms with van der Waals surface area (Å²) < 4.78 is 1.93. The van der Waals surface area contributed by atoms with Gasteiger partial charge in [-0.05, 0) is 5.56 Å². The van der Waals surface area contributed by atoms with Crippen LogP contribution in [0.3, 0.4) is 0 Å². The van der Waals surface area contributed by atoms with Crippen LogP contribution in [0.25, 0.3) is 22.4 Å². The van der Waals surface area contributed by atoms with E-state index < -0.39 is 0 Å². The predicted molar refractivity (Wildman–Crippen MR) is 83.3 cm³/mol. The van der Waals surface area contributed by atoms with E-state index in [9.17, 15) is 0 Å². The van der Waals surface area contributed by atoms with E-state index in [2.05, 4.69) is 49.2 Å². The molecular weight excluding hydrogens is 244 g/mol. The molecule has 0 radical (unpaired) electrons. The highest BCUT2D eigenvalue weighted by Crippen LogP contribution is 2.30. The molecule has 0 unspecified atom stereocenters. The number of hydrogen-bond acceptors (Lipinski definition) is 1. The average Bonchev–Trinajstić information content (AvgIpc) is 2.93. The topological polar surface area (TPSA) is 17.8 Å². The van der Waals surface area contributed by atoms with Crippen molar-refractivity contribution in [3.63, 3.8) is 0 Å². The first-order valence-electron chi connectivity index (χ1n) is 6.67. The minimum Gasteiger partial charge on any atom is -0.268 e. The van der Waals surface area contributed by atoms with Gasteiger partial charge in [0.1, 0.15) is 5.69 Å². The van der Waals surface area contributed by atoms with Crippen LogP contribution in [0.1, 0.15) is 0 Å². The van der Waals surface area contributed by atoms with Crippen molar-refractivity contribution in [2.24, 2.45) is 0 Å². The lowest BCUT2D eigenvalue weighted by molar-refractivity contribution is 0.705. The van der Waals surface area contributed by atoms with Crippen molar-refractivity contribution < 1.29 is 0 Å². The third kappa shape index (κ3) is 2.41. The minimum absolute atomic E-state index is 0.715. The Morgan fingerprint density at radius 2 is 1.50 bits per heavy atom. The quantitative estimate of drug-likeness (QED) is 0.636. The fourth-order valence-corrected chi connectivity index (χ4v) is 2.29. The Morgan fingerprint density at radius 3 is 2.10 bits per heavy atom. The molecule has 0 N–H and O–H groups in total. The van der Waals surface area contributed by atoms with Crippen LogP contribution < -0.4 is 0 Å². The van der Waals surface area contributed by atoms with Gasteiger partial charge in [-0.3, -0.25) is 4.68 Å². The molecular formula is C18H16N2. The molecule has 2 aromatic carbocycles. The molecule has 0 saturated carbocycles. The van der Waals surface area contributed by atoms with E-state index in [-0.39, 0.29) is 0 Å². The van der Waals surface area contributed by atoms with Gasteiger partial charge < -0.3 is 0 Å². The molecule has 0 aliphatic rings. The summed E-state index contributed by atoms with van der Waals surface area (Å²) in [5.41, 5.74) is 4.48. The fourth-order valence-electron chi connectivity index (χ4n) is 2.29. The molecule has 1 heterocycles. The summed E-state index contributed by atoms with van der Waals surface area (Å²) in [7, 11) is 0. The van der Waals surface area contributed by atoms with Crippen molar-refractivity contribution >= 4 is 0 Å². The fraction of sp³-hybridized carbons (Fsp3) is 0.0556. The SMILES string of the molecule is C=CCn1cc(-c2ccccc2)c(-c2ccccc2)n1. The van der Waals surface area contributed by atoms with Crippen molar-refractivity contribution in [2.75, 3.05) is 0 Å². The molecule has 98 valence electrons. The first-order valence-corrected chi connectivity index (χ1v) is 6.67. The van der Waals surface area contributed by atoms with Crippen LogP contribution in [0.15, 0.2) is 79.5 Å². The smallest absolute Gasteiger partial charge is 0.100 e. The highest BCUT2D eigenvalue weighted by Gasteiger charge is 2.12. The van der Waals surface area contributed by atoms with Crippen molar-refractivity contribution in [3.8, 4) is 22.4 Å². The Morgan fingerprint density at radius 1 is 0.900 bits per heavy atom. The van der Waals surface area contributed by atoms with Gasteiger partial charge in [-0.15, -0.1) is 6.58 Å². The summed E-state index contributed by atoms with van der Waals surface area (Å²) in [6.45, 7) is 4.49. The van der Waals surface area contributed by atoms with E-state index in [1.807, 2.05) is 35.0 Å². The van der Waals surface area contributed by atoms with Crippen LogP contribution in [-0.2, 0) is 6.54 Å². The van der Waals surface area contributed by atoms with Gasteiger partial charge in [-0.25, -0.2) is 0 Å². The first-order chi connectivity index (χ1) is 9.88. The lowest BCUT2D eigenvalue weighted by Gasteiger charge is -2.02. The Hall–Kier alpha value is -2.61. The monoisotopic (exact) mass is 260 g/mol. The molecule has 0 saturated heterocycles. The molecule has 2 nitrogen and oxygen atoms in total. The largest absolute Gasteiger partial charge is 0.268 e. The van der Waals surface area contributed by atoms with E-state index in [0.29, 0.717) is 6.54 Å². The summed E-state index contributed by atoms with van der Waals surface area (Å²) in [6, 6.07) is 20.6. The standard InChI is InChI=1S/C18H16N2/c1-2-13-20-14-17(15-9-5-3-6-10-15)18(19-20)16-11-7-4-8-12-16/h2-12,14H,1,13H2. The predicted octanol–water partition coefficient (Wildman–Crippen LogP) is 4.40. The van der Waals surface area contributed by atoms with Crippen molar-refractivity contribution in [1.29, 1.82) is 0 Å². The number of rotatable bonds is 4. The summed E-state index contributed by atoms with van der Waals surface area (Å²) in [5.74, 6) is 0. The molecule has 20 heavy (non-hydrogen) atoms. The first kappa shape index (κ1) is 12.4. The second kappa shape index (κ2) is 5.57. The Balaban J connectivity index is 2.15. The van der Waals surface area contributed by atoms with E-state index in [0.717, 1.165) is 16.8 Å². The maximum Gasteiger partial charge on any atom is 0.100 e. The third-order valence-corrected chi connectivity index (χ3v) is 3.21. The number of benzene rings is 2. The normalized spacial score (nSPS) is 10.4. The second-order valence-corrected chi connectivity index (χ2v) is 4.63. The molecule has 2 heteroatoms. The van der Waals surface area contributed by atoms with Gasteiger partial charge >= 0.3 is 0 Å². The third-order valence-electron chi connectivity index (χ3n) is 3.21. The highest BCUT2D eigenvalue weighted by atomic mass is 15.3. The molecule has 0 bridgehead atoms. The van der Waals surface area contributed by atoms with E-state index in [1.165, 1.54) is 5.56 Å². The maximum absolute atomic E-state index is 4.69. The van der Waals surface area contributed by atoms with Gasteiger partial charge in [0.2, 0.25) is 0 Å². The summed E-state index contributed by atoms with van der Waals surface area (Å²) in [6.07, 6.45) is 3.94. The van der Waals surface area contributed by atoms with Crippen LogP contribution >= 0.6 is 0 Å². The van der Waals surface area contributed by atoms with E-state index in [1.54, 1.807) is 0 Å². The maximum atomic E-state index is 4.69. The van der Waals surface area contributed by atoms with Gasteiger partial charge in [-0.2, -0.15) is 5.10 Å². The van der Waals surface area contributed by atoms with Crippen molar-refractivity contribution in [3.05, 3.63) is 79.5 Å². The Bertz CT molecular complexity index is 640. The molecule has 0 amide bonds. The molecule has 0 aliphatic heterocycles. The second-order valence-electron chi connectivity index (χ2n) is 4.63. The number of aromatic nitrogens is 2. The average molecular weight is 260 g/mol. The van der Waals surface area contributed by atoms with Gasteiger partial charge in [-0.1, -0.05) is 66.7 Å². The van der Waals surface area contributed by atoms with Gasteiger partial charge in [0.15, 0.2) is 0 Å². The van der Waals surface area contributed by atoms with Gasteiger partial charge in [0, 0.05) is 17.3 Å². The lowest BCUT2D eigenvalue weighted by atomic mass is 10.0. The zero-order valence-corrected chi connectivity index (χ0v) is 11.2. The zero-order chi connectivity index (χ0) is 13.8. The lowest BCUT2D eigenvalue weighted by Crippen LogP contribution is -1.94. The molecule has 0 atom stereocenters. The van der Waals surface area contributed by atoms with E-state index in [4.69, 9.17) is 5.10 Å². The molecule has 3 aromatic rings. The number of allylic oxidation sites excluding steroid dienone is 1. The highest BCUT2D eigenvalue weighted by molar-refractivity contribution is 5.80. The molecule has 1 aromatic heterocycles. The van der Waals surface area contributed by atoms with Gasteiger partial charge in [0.05, 0.1) is 6.54 Å². The van der Waals surface area contributed by atoms with Crippen molar-refractivity contribution in [2.45, 2.75) is 6.54 Å². The Kier molecular flexibility index (Phi) is 3.46. The van der Waals surface area contributed by atoms with E-state index >= 15 is 0 Å². The van der Waals surface area contributed by atoms with Crippen molar-refractivity contribution in [1.82, 2.24) is 9.78 Å². The van der Waals surface area contributed by atoms with Crippen LogP contribution in [0.2, 0.25) is 0 Å². The summed E-state index contributed by atoms with van der Waals surface area (Å²) in [5, 5.41) is 4.69. The molecule has 0 spiro atoms. The summed E-state index contributed by atoms with van der Waals surface area (Å²) in [4.78, 5) is 0. The van der Waals surface area contributed by atoms with Crippen LogP contribution in [-0.4, -0.2) is 9.78 Å². The zero-order valence-electron chi connectivity index (χ0n) is 11.2. The van der Waals surface area contributed by atoms with Crippen LogP contribution in [0.5, 0.6) is 0 Å². The Labute approximate surface area is 119 Å². The molecule has 3 rings (SSSR count). The number of hydrogen-bond donors (Lipinski definition) is 0.